The quantitative estimate of drug-likeness (QED) is 0.624. The van der Waals surface area contributed by atoms with E-state index in [0.29, 0.717) is 17.0 Å². The Kier molecular flexibility index (Phi) is 2.91. The Hall–Kier alpha value is -2.01. The van der Waals surface area contributed by atoms with Gasteiger partial charge in [0.15, 0.2) is 11.5 Å². The molecule has 0 saturated heterocycles. The first-order valence-electron chi connectivity index (χ1n) is 5.39. The molecule has 0 fully saturated rings. The predicted octanol–water partition coefficient (Wildman–Crippen LogP) is 3.01. The standard InChI is InChI=1S/C13H6FIN4/c14-9-1-2-10(11(15)6-9)13-18-17-12-5-8(7-16)3-4-19(12)13/h1-6H. The minimum absolute atomic E-state index is 0.284. The molecule has 2 heterocycles. The molecule has 1 aromatic carbocycles. The number of hydrogen-bond acceptors (Lipinski definition) is 3. The van der Waals surface area contributed by atoms with Crippen molar-refractivity contribution in [3.05, 3.63) is 51.5 Å². The lowest BCUT2D eigenvalue weighted by Gasteiger charge is -2.03. The molecule has 0 aliphatic rings. The third kappa shape index (κ3) is 2.06. The van der Waals surface area contributed by atoms with Crippen LogP contribution >= 0.6 is 22.6 Å². The van der Waals surface area contributed by atoms with Crippen molar-refractivity contribution < 1.29 is 4.39 Å². The molecular formula is C13H6FIN4. The van der Waals surface area contributed by atoms with Crippen LogP contribution in [0.3, 0.4) is 0 Å². The summed E-state index contributed by atoms with van der Waals surface area (Å²) >= 11 is 2.06. The summed E-state index contributed by atoms with van der Waals surface area (Å²) in [7, 11) is 0. The highest BCUT2D eigenvalue weighted by Crippen LogP contribution is 2.25. The molecule has 6 heteroatoms. The van der Waals surface area contributed by atoms with Crippen molar-refractivity contribution in [2.75, 3.05) is 0 Å². The van der Waals surface area contributed by atoms with Crippen LogP contribution in [0.1, 0.15) is 5.56 Å². The molecule has 0 radical (unpaired) electrons. The number of fused-ring (bicyclic) bond motifs is 1. The molecule has 3 rings (SSSR count). The van der Waals surface area contributed by atoms with Gasteiger partial charge >= 0.3 is 0 Å². The second-order valence-corrected chi connectivity index (χ2v) is 5.07. The zero-order valence-electron chi connectivity index (χ0n) is 9.51. The van der Waals surface area contributed by atoms with Gasteiger partial charge in [0.05, 0.1) is 11.6 Å². The molecule has 0 bridgehead atoms. The minimum atomic E-state index is -0.284. The lowest BCUT2D eigenvalue weighted by atomic mass is 10.2. The summed E-state index contributed by atoms with van der Waals surface area (Å²) < 4.78 is 15.7. The summed E-state index contributed by atoms with van der Waals surface area (Å²) in [5.41, 5.74) is 1.92. The first-order valence-corrected chi connectivity index (χ1v) is 6.47. The van der Waals surface area contributed by atoms with Gasteiger partial charge < -0.3 is 0 Å². The maximum absolute atomic E-state index is 13.1. The van der Waals surface area contributed by atoms with Gasteiger partial charge in [0.2, 0.25) is 0 Å². The molecule has 0 spiro atoms. The second-order valence-electron chi connectivity index (χ2n) is 3.90. The molecule has 0 N–H and O–H groups in total. The van der Waals surface area contributed by atoms with E-state index in [0.717, 1.165) is 9.13 Å². The average molecular weight is 364 g/mol. The van der Waals surface area contributed by atoms with Gasteiger partial charge in [0.1, 0.15) is 5.82 Å². The van der Waals surface area contributed by atoms with Crippen LogP contribution in [0, 0.1) is 20.7 Å². The van der Waals surface area contributed by atoms with Gasteiger partial charge in [-0.05, 0) is 46.9 Å². The van der Waals surface area contributed by atoms with Gasteiger partial charge in [-0.2, -0.15) is 5.26 Å². The lowest BCUT2D eigenvalue weighted by molar-refractivity contribution is 0.627. The zero-order valence-corrected chi connectivity index (χ0v) is 11.7. The summed E-state index contributed by atoms with van der Waals surface area (Å²) in [5.74, 6) is 0.345. The van der Waals surface area contributed by atoms with Gasteiger partial charge in [-0.3, -0.25) is 4.40 Å². The molecule has 0 amide bonds. The lowest BCUT2D eigenvalue weighted by Crippen LogP contribution is -1.92. The Morgan fingerprint density at radius 2 is 2.05 bits per heavy atom. The molecular weight excluding hydrogens is 358 g/mol. The topological polar surface area (TPSA) is 54.0 Å². The molecule has 0 unspecified atom stereocenters. The van der Waals surface area contributed by atoms with Crippen molar-refractivity contribution in [3.8, 4) is 17.5 Å². The van der Waals surface area contributed by atoms with E-state index >= 15 is 0 Å². The first kappa shape index (κ1) is 12.0. The van der Waals surface area contributed by atoms with Gasteiger partial charge in [0.25, 0.3) is 0 Å². The van der Waals surface area contributed by atoms with Crippen molar-refractivity contribution in [1.82, 2.24) is 14.6 Å². The fourth-order valence-electron chi connectivity index (χ4n) is 1.81. The van der Waals surface area contributed by atoms with Crippen LogP contribution < -0.4 is 0 Å². The van der Waals surface area contributed by atoms with E-state index in [1.165, 1.54) is 12.1 Å². The predicted molar refractivity (Wildman–Crippen MR) is 75.8 cm³/mol. The maximum atomic E-state index is 13.1. The summed E-state index contributed by atoms with van der Waals surface area (Å²) in [6.07, 6.45) is 1.74. The molecule has 0 aliphatic carbocycles. The van der Waals surface area contributed by atoms with E-state index in [2.05, 4.69) is 38.9 Å². The molecule has 0 atom stereocenters. The van der Waals surface area contributed by atoms with Crippen LogP contribution in [0.25, 0.3) is 17.0 Å². The fraction of sp³-hybridized carbons (Fsp3) is 0. The van der Waals surface area contributed by atoms with E-state index in [4.69, 9.17) is 5.26 Å². The zero-order chi connectivity index (χ0) is 13.4. The number of pyridine rings is 1. The van der Waals surface area contributed by atoms with Crippen LogP contribution in [0.2, 0.25) is 0 Å². The second kappa shape index (κ2) is 4.59. The number of benzene rings is 1. The van der Waals surface area contributed by atoms with Crippen molar-refractivity contribution in [3.63, 3.8) is 0 Å². The summed E-state index contributed by atoms with van der Waals surface area (Å²) in [4.78, 5) is 0. The van der Waals surface area contributed by atoms with Gasteiger partial charge in [-0.25, -0.2) is 4.39 Å². The third-order valence-electron chi connectivity index (χ3n) is 2.71. The summed E-state index contributed by atoms with van der Waals surface area (Å²) in [5, 5.41) is 17.0. The molecule has 4 nitrogen and oxygen atoms in total. The minimum Gasteiger partial charge on any atom is -0.282 e. The number of aromatic nitrogens is 3. The Morgan fingerprint density at radius 3 is 2.79 bits per heavy atom. The smallest absolute Gasteiger partial charge is 0.169 e. The molecule has 3 aromatic rings. The molecule has 2 aromatic heterocycles. The molecule has 0 aliphatic heterocycles. The number of halogens is 2. The largest absolute Gasteiger partial charge is 0.282 e. The third-order valence-corrected chi connectivity index (χ3v) is 3.60. The number of nitriles is 1. The number of rotatable bonds is 1. The van der Waals surface area contributed by atoms with Crippen LogP contribution in [0.15, 0.2) is 36.5 Å². The van der Waals surface area contributed by atoms with Gasteiger partial charge in [-0.15, -0.1) is 10.2 Å². The Balaban J connectivity index is 2.23. The van der Waals surface area contributed by atoms with Crippen LogP contribution in [0.4, 0.5) is 4.39 Å². The summed E-state index contributed by atoms with van der Waals surface area (Å²) in [6.45, 7) is 0. The van der Waals surface area contributed by atoms with E-state index in [9.17, 15) is 4.39 Å². The Bertz CT molecular complexity index is 819. The molecule has 92 valence electrons. The van der Waals surface area contributed by atoms with Crippen LogP contribution in [-0.2, 0) is 0 Å². The highest BCUT2D eigenvalue weighted by molar-refractivity contribution is 14.1. The van der Waals surface area contributed by atoms with Crippen LogP contribution in [0.5, 0.6) is 0 Å². The van der Waals surface area contributed by atoms with Crippen LogP contribution in [-0.4, -0.2) is 14.6 Å². The molecule has 19 heavy (non-hydrogen) atoms. The van der Waals surface area contributed by atoms with Crippen molar-refractivity contribution >= 4 is 28.2 Å². The Morgan fingerprint density at radius 1 is 1.21 bits per heavy atom. The van der Waals surface area contributed by atoms with E-state index in [-0.39, 0.29) is 5.82 Å². The van der Waals surface area contributed by atoms with Crippen molar-refractivity contribution in [2.24, 2.45) is 0 Å². The number of hydrogen-bond donors (Lipinski definition) is 0. The van der Waals surface area contributed by atoms with Gasteiger partial charge in [-0.1, -0.05) is 0 Å². The highest BCUT2D eigenvalue weighted by atomic mass is 127. The first-order chi connectivity index (χ1) is 9.19. The van der Waals surface area contributed by atoms with E-state index in [1.54, 1.807) is 28.8 Å². The monoisotopic (exact) mass is 364 g/mol. The van der Waals surface area contributed by atoms with E-state index < -0.39 is 0 Å². The molecule has 0 saturated carbocycles. The SMILES string of the molecule is N#Cc1ccn2c(-c3ccc(F)cc3I)nnc2c1. The van der Waals surface area contributed by atoms with Crippen molar-refractivity contribution in [1.29, 1.82) is 5.26 Å². The van der Waals surface area contributed by atoms with Gasteiger partial charge in [0, 0.05) is 21.4 Å². The Labute approximate surface area is 121 Å². The fourth-order valence-corrected chi connectivity index (χ4v) is 2.53. The maximum Gasteiger partial charge on any atom is 0.169 e. The normalized spacial score (nSPS) is 10.6. The summed E-state index contributed by atoms with van der Waals surface area (Å²) in [6, 6.07) is 9.91. The van der Waals surface area contributed by atoms with E-state index in [1.807, 2.05) is 0 Å². The average Bonchev–Trinajstić information content (AvgIpc) is 2.81. The number of nitrogens with zero attached hydrogens (tertiary/aromatic N) is 4. The highest BCUT2D eigenvalue weighted by Gasteiger charge is 2.12. The van der Waals surface area contributed by atoms with Crippen molar-refractivity contribution in [2.45, 2.75) is 0 Å².